The Kier molecular flexibility index (Phi) is 6.32. The molecule has 2 heterocycles. The van der Waals surface area contributed by atoms with Gasteiger partial charge in [-0.3, -0.25) is 14.5 Å². The van der Waals surface area contributed by atoms with Crippen LogP contribution >= 0.6 is 0 Å². The van der Waals surface area contributed by atoms with Crippen LogP contribution in [0.3, 0.4) is 0 Å². The van der Waals surface area contributed by atoms with Crippen LogP contribution in [0.15, 0.2) is 59.1 Å². The average molecular weight is 423 g/mol. The maximum Gasteiger partial charge on any atom is 0.246 e. The van der Waals surface area contributed by atoms with Gasteiger partial charge in [-0.15, -0.1) is 0 Å². The standard InChI is InChI=1S/C22H22FN5O3/c23-17-9-5-4-8-16(17)14-28-11-10-24-22(30)18(28)12-19(29)25-13-20-26-21(27-31-20)15-6-2-1-3-7-15/h1-9,18H,10-14H2,(H,24,30)(H,25,29). The van der Waals surface area contributed by atoms with Gasteiger partial charge >= 0.3 is 0 Å². The van der Waals surface area contributed by atoms with E-state index >= 15 is 0 Å². The Morgan fingerprint density at radius 2 is 1.97 bits per heavy atom. The van der Waals surface area contributed by atoms with Gasteiger partial charge in [-0.1, -0.05) is 53.7 Å². The predicted octanol–water partition coefficient (Wildman–Crippen LogP) is 1.88. The van der Waals surface area contributed by atoms with Gasteiger partial charge in [-0.2, -0.15) is 4.98 Å². The molecular formula is C22H22FN5O3. The van der Waals surface area contributed by atoms with Crippen molar-refractivity contribution in [1.82, 2.24) is 25.7 Å². The first-order valence-corrected chi connectivity index (χ1v) is 10.00. The van der Waals surface area contributed by atoms with Crippen molar-refractivity contribution in [1.29, 1.82) is 0 Å². The quantitative estimate of drug-likeness (QED) is 0.602. The normalized spacial score (nSPS) is 16.7. The van der Waals surface area contributed by atoms with Crippen LogP contribution in [0.25, 0.3) is 11.4 Å². The fourth-order valence-electron chi connectivity index (χ4n) is 3.47. The van der Waals surface area contributed by atoms with E-state index in [0.29, 0.717) is 24.5 Å². The molecule has 9 heteroatoms. The molecule has 2 N–H and O–H groups in total. The Bertz CT molecular complexity index is 1060. The SMILES string of the molecule is O=C(CC1C(=O)NCCN1Cc1ccccc1F)NCc1nc(-c2ccccc2)no1. The van der Waals surface area contributed by atoms with Crippen molar-refractivity contribution < 1.29 is 18.5 Å². The summed E-state index contributed by atoms with van der Waals surface area (Å²) < 4.78 is 19.2. The predicted molar refractivity (Wildman–Crippen MR) is 110 cm³/mol. The highest BCUT2D eigenvalue weighted by molar-refractivity contribution is 5.88. The molecule has 0 aliphatic carbocycles. The van der Waals surface area contributed by atoms with Crippen molar-refractivity contribution in [3.05, 3.63) is 71.9 Å². The lowest BCUT2D eigenvalue weighted by Gasteiger charge is -2.34. The lowest BCUT2D eigenvalue weighted by atomic mass is 10.1. The van der Waals surface area contributed by atoms with Gasteiger partial charge in [-0.25, -0.2) is 4.39 Å². The highest BCUT2D eigenvalue weighted by Gasteiger charge is 2.32. The van der Waals surface area contributed by atoms with Crippen molar-refractivity contribution in [2.24, 2.45) is 0 Å². The summed E-state index contributed by atoms with van der Waals surface area (Å²) in [6.07, 6.45) is -0.0556. The monoisotopic (exact) mass is 423 g/mol. The zero-order valence-corrected chi connectivity index (χ0v) is 16.8. The summed E-state index contributed by atoms with van der Waals surface area (Å²) in [7, 11) is 0. The van der Waals surface area contributed by atoms with Gasteiger partial charge in [0.05, 0.1) is 19.0 Å². The lowest BCUT2D eigenvalue weighted by Crippen LogP contribution is -2.56. The molecule has 1 fully saturated rings. The number of benzene rings is 2. The van der Waals surface area contributed by atoms with E-state index in [-0.39, 0.29) is 43.0 Å². The average Bonchev–Trinajstić information content (AvgIpc) is 3.26. The highest BCUT2D eigenvalue weighted by atomic mass is 19.1. The van der Waals surface area contributed by atoms with Crippen LogP contribution in [-0.4, -0.2) is 46.0 Å². The van der Waals surface area contributed by atoms with E-state index in [1.54, 1.807) is 18.2 Å². The van der Waals surface area contributed by atoms with Gasteiger partial charge in [0.25, 0.3) is 0 Å². The van der Waals surface area contributed by atoms with Crippen LogP contribution in [0, 0.1) is 5.82 Å². The first-order valence-electron chi connectivity index (χ1n) is 10.00. The molecule has 3 aromatic rings. The minimum atomic E-state index is -0.684. The van der Waals surface area contributed by atoms with Crippen molar-refractivity contribution in [2.45, 2.75) is 25.6 Å². The van der Waals surface area contributed by atoms with Crippen LogP contribution in [0.4, 0.5) is 4.39 Å². The molecule has 1 aliphatic rings. The van der Waals surface area contributed by atoms with Gasteiger partial charge in [-0.05, 0) is 6.07 Å². The number of amides is 2. The largest absolute Gasteiger partial charge is 0.353 e. The molecule has 0 saturated carbocycles. The van der Waals surface area contributed by atoms with Crippen molar-refractivity contribution in [2.75, 3.05) is 13.1 Å². The first-order chi connectivity index (χ1) is 15.1. The maximum atomic E-state index is 14.0. The van der Waals surface area contributed by atoms with Gasteiger partial charge in [0, 0.05) is 30.8 Å². The molecule has 1 atom stereocenters. The number of carbonyl (C=O) groups is 2. The zero-order valence-electron chi connectivity index (χ0n) is 16.8. The maximum absolute atomic E-state index is 14.0. The lowest BCUT2D eigenvalue weighted by molar-refractivity contribution is -0.134. The van der Waals surface area contributed by atoms with Gasteiger partial charge < -0.3 is 15.2 Å². The first kappa shape index (κ1) is 20.7. The Hall–Kier alpha value is -3.59. The molecule has 160 valence electrons. The molecule has 2 amide bonds. The van der Waals surface area contributed by atoms with E-state index in [0.717, 1.165) is 5.56 Å². The summed E-state index contributed by atoms with van der Waals surface area (Å²) in [4.78, 5) is 31.0. The topological polar surface area (TPSA) is 100 Å². The third-order valence-corrected chi connectivity index (χ3v) is 5.09. The van der Waals surface area contributed by atoms with Gasteiger partial charge in [0.2, 0.25) is 23.5 Å². The molecule has 0 radical (unpaired) electrons. The number of piperazine rings is 1. The third kappa shape index (κ3) is 5.13. The Balaban J connectivity index is 1.35. The number of rotatable bonds is 7. The zero-order chi connectivity index (χ0) is 21.6. The Morgan fingerprint density at radius 1 is 1.19 bits per heavy atom. The Morgan fingerprint density at radius 3 is 2.77 bits per heavy atom. The number of nitrogens with one attached hydrogen (secondary N) is 2. The second-order valence-electron chi connectivity index (χ2n) is 7.23. The minimum Gasteiger partial charge on any atom is -0.353 e. The second-order valence-corrected chi connectivity index (χ2v) is 7.23. The number of carbonyl (C=O) groups excluding carboxylic acids is 2. The summed E-state index contributed by atoms with van der Waals surface area (Å²) in [6, 6.07) is 15.1. The minimum absolute atomic E-state index is 0.0556. The van der Waals surface area contributed by atoms with Crippen molar-refractivity contribution in [3.63, 3.8) is 0 Å². The van der Waals surface area contributed by atoms with Crippen LogP contribution < -0.4 is 10.6 Å². The molecule has 1 saturated heterocycles. The van der Waals surface area contributed by atoms with E-state index in [1.807, 2.05) is 35.2 Å². The molecule has 4 rings (SSSR count). The highest BCUT2D eigenvalue weighted by Crippen LogP contribution is 2.17. The van der Waals surface area contributed by atoms with Crippen LogP contribution in [0.1, 0.15) is 17.9 Å². The van der Waals surface area contributed by atoms with E-state index < -0.39 is 6.04 Å². The molecule has 8 nitrogen and oxygen atoms in total. The number of hydrogen-bond donors (Lipinski definition) is 2. The number of halogens is 1. The molecule has 2 aromatic carbocycles. The fourth-order valence-corrected chi connectivity index (χ4v) is 3.47. The van der Waals surface area contributed by atoms with Crippen molar-refractivity contribution >= 4 is 11.8 Å². The van der Waals surface area contributed by atoms with E-state index in [1.165, 1.54) is 6.07 Å². The number of nitrogens with zero attached hydrogens (tertiary/aromatic N) is 3. The van der Waals surface area contributed by atoms with E-state index in [2.05, 4.69) is 20.8 Å². The fraction of sp³-hybridized carbons (Fsp3) is 0.273. The molecule has 0 bridgehead atoms. The van der Waals surface area contributed by atoms with E-state index in [4.69, 9.17) is 4.52 Å². The molecule has 31 heavy (non-hydrogen) atoms. The molecule has 1 aliphatic heterocycles. The smallest absolute Gasteiger partial charge is 0.246 e. The van der Waals surface area contributed by atoms with E-state index in [9.17, 15) is 14.0 Å². The Labute approximate surface area is 178 Å². The van der Waals surface area contributed by atoms with Crippen LogP contribution in [-0.2, 0) is 22.7 Å². The summed E-state index contributed by atoms with van der Waals surface area (Å²) in [5.74, 6) is -0.208. The third-order valence-electron chi connectivity index (χ3n) is 5.09. The van der Waals surface area contributed by atoms with Crippen molar-refractivity contribution in [3.8, 4) is 11.4 Å². The summed E-state index contributed by atoms with van der Waals surface area (Å²) in [5, 5.41) is 9.39. The van der Waals surface area contributed by atoms with Crippen LogP contribution in [0.2, 0.25) is 0 Å². The summed E-state index contributed by atoms with van der Waals surface area (Å²) >= 11 is 0. The van der Waals surface area contributed by atoms with Crippen LogP contribution in [0.5, 0.6) is 0 Å². The van der Waals surface area contributed by atoms with Gasteiger partial charge in [0.15, 0.2) is 0 Å². The number of aromatic nitrogens is 2. The molecular weight excluding hydrogens is 401 g/mol. The molecule has 0 spiro atoms. The summed E-state index contributed by atoms with van der Waals surface area (Å²) in [5.41, 5.74) is 1.30. The van der Waals surface area contributed by atoms with Gasteiger partial charge in [0.1, 0.15) is 5.82 Å². The molecule has 1 aromatic heterocycles. The number of hydrogen-bond acceptors (Lipinski definition) is 6. The second kappa shape index (κ2) is 9.48. The summed E-state index contributed by atoms with van der Waals surface area (Å²) in [6.45, 7) is 1.29. The molecule has 1 unspecified atom stereocenters.